The fraction of sp³-hybridized carbons (Fsp3) is 0.312. The molecule has 1 spiro atoms. The highest BCUT2D eigenvalue weighted by Crippen LogP contribution is 2.77. The first-order valence-electron chi connectivity index (χ1n) is 12.6. The molecular weight excluding hydrogens is 400 g/mol. The van der Waals surface area contributed by atoms with Crippen LogP contribution < -0.4 is 4.74 Å². The number of ether oxygens (including phenoxy) is 1. The molecule has 33 heavy (non-hydrogen) atoms. The molecule has 4 aliphatic rings. The predicted molar refractivity (Wildman–Crippen MR) is 136 cm³/mol. The summed E-state index contributed by atoms with van der Waals surface area (Å²) < 4.78 is 6.86. The SMILES string of the molecule is Cc1ccc2c(c1C13CC14CCCCC4=CC=C3Oc1ccc3ccccc3c1)CC=CC2. The monoisotopic (exact) mass is 430 g/mol. The Morgan fingerprint density at radius 3 is 2.67 bits per heavy atom. The standard InChI is InChI=1S/C32H30O/c1-22-13-14-24-9-4-5-12-28(24)30(22)32-21-31(32)19-7-6-11-26(31)16-18-29(32)33-27-17-15-23-8-2-3-10-25(23)20-27/h2-5,8,10,13-18,20H,6-7,9,11-12,19,21H2,1H3. The van der Waals surface area contributed by atoms with Crippen LogP contribution in [0.5, 0.6) is 5.75 Å². The van der Waals surface area contributed by atoms with E-state index in [1.165, 1.54) is 54.0 Å². The smallest absolute Gasteiger partial charge is 0.127 e. The van der Waals surface area contributed by atoms with Gasteiger partial charge in [-0.05, 0) is 96.7 Å². The van der Waals surface area contributed by atoms with Gasteiger partial charge in [-0.3, -0.25) is 0 Å². The van der Waals surface area contributed by atoms with Gasteiger partial charge in [-0.2, -0.15) is 0 Å². The minimum absolute atomic E-state index is 0.0102. The van der Waals surface area contributed by atoms with Crippen LogP contribution in [-0.2, 0) is 18.3 Å². The molecule has 2 unspecified atom stereocenters. The van der Waals surface area contributed by atoms with Gasteiger partial charge >= 0.3 is 0 Å². The molecule has 3 aromatic rings. The van der Waals surface area contributed by atoms with Crippen LogP contribution in [0.15, 0.2) is 90.2 Å². The molecule has 1 nitrogen and oxygen atoms in total. The molecule has 2 fully saturated rings. The number of hydrogen-bond donors (Lipinski definition) is 0. The van der Waals surface area contributed by atoms with Crippen LogP contribution in [0.4, 0.5) is 0 Å². The summed E-state index contributed by atoms with van der Waals surface area (Å²) in [7, 11) is 0. The van der Waals surface area contributed by atoms with E-state index in [0.717, 1.165) is 24.4 Å². The van der Waals surface area contributed by atoms with Crippen LogP contribution in [0.25, 0.3) is 10.8 Å². The zero-order chi connectivity index (χ0) is 22.0. The number of rotatable bonds is 3. The van der Waals surface area contributed by atoms with Gasteiger partial charge in [0.2, 0.25) is 0 Å². The first kappa shape index (κ1) is 19.4. The van der Waals surface area contributed by atoms with E-state index in [4.69, 9.17) is 4.74 Å². The number of allylic oxidation sites excluding steroid dienone is 6. The molecule has 2 atom stereocenters. The van der Waals surface area contributed by atoms with E-state index in [0.29, 0.717) is 0 Å². The van der Waals surface area contributed by atoms with Gasteiger partial charge in [0.1, 0.15) is 11.5 Å². The molecule has 0 bridgehead atoms. The molecule has 0 radical (unpaired) electrons. The van der Waals surface area contributed by atoms with E-state index in [1.807, 2.05) is 0 Å². The lowest BCUT2D eigenvalue weighted by Gasteiger charge is -2.38. The van der Waals surface area contributed by atoms with Crippen molar-refractivity contribution in [1.82, 2.24) is 0 Å². The summed E-state index contributed by atoms with van der Waals surface area (Å²) in [6.07, 6.45) is 17.9. The van der Waals surface area contributed by atoms with Crippen molar-refractivity contribution in [2.75, 3.05) is 0 Å². The van der Waals surface area contributed by atoms with Gasteiger partial charge in [-0.1, -0.05) is 72.7 Å². The lowest BCUT2D eigenvalue weighted by molar-refractivity contribution is 0.310. The van der Waals surface area contributed by atoms with Crippen molar-refractivity contribution in [3.8, 4) is 5.75 Å². The van der Waals surface area contributed by atoms with Gasteiger partial charge < -0.3 is 4.74 Å². The maximum atomic E-state index is 6.86. The molecule has 2 saturated carbocycles. The van der Waals surface area contributed by atoms with Crippen molar-refractivity contribution in [3.63, 3.8) is 0 Å². The Bertz CT molecular complexity index is 1390. The average Bonchev–Trinajstić information content (AvgIpc) is 3.53. The molecule has 4 aliphatic carbocycles. The van der Waals surface area contributed by atoms with Gasteiger partial charge in [-0.25, -0.2) is 0 Å². The van der Waals surface area contributed by atoms with Gasteiger partial charge in [0.05, 0.1) is 5.41 Å². The van der Waals surface area contributed by atoms with Crippen LogP contribution in [0.1, 0.15) is 54.4 Å². The molecule has 0 heterocycles. The number of hydrogen-bond acceptors (Lipinski definition) is 1. The summed E-state index contributed by atoms with van der Waals surface area (Å²) in [6.45, 7) is 2.32. The van der Waals surface area contributed by atoms with Crippen molar-refractivity contribution >= 4 is 10.8 Å². The molecule has 0 N–H and O–H groups in total. The second-order valence-corrected chi connectivity index (χ2v) is 10.5. The fourth-order valence-corrected chi connectivity index (χ4v) is 7.29. The van der Waals surface area contributed by atoms with Crippen molar-refractivity contribution in [2.24, 2.45) is 5.41 Å². The van der Waals surface area contributed by atoms with Crippen molar-refractivity contribution in [1.29, 1.82) is 0 Å². The molecule has 0 saturated heterocycles. The predicted octanol–water partition coefficient (Wildman–Crippen LogP) is 7.91. The van der Waals surface area contributed by atoms with Crippen molar-refractivity contribution in [2.45, 2.75) is 57.3 Å². The molecular formula is C32H30O. The summed E-state index contributed by atoms with van der Waals surface area (Å²) in [4.78, 5) is 0. The molecule has 0 amide bonds. The van der Waals surface area contributed by atoms with Gasteiger partial charge in [0, 0.05) is 5.41 Å². The average molecular weight is 431 g/mol. The highest BCUT2D eigenvalue weighted by atomic mass is 16.5. The number of fused-ring (bicyclic) bond motifs is 2. The Morgan fingerprint density at radius 1 is 0.848 bits per heavy atom. The molecule has 1 heteroatoms. The number of benzene rings is 3. The first-order valence-corrected chi connectivity index (χ1v) is 12.6. The van der Waals surface area contributed by atoms with Gasteiger partial charge in [0.25, 0.3) is 0 Å². The van der Waals surface area contributed by atoms with Crippen LogP contribution in [0.3, 0.4) is 0 Å². The first-order chi connectivity index (χ1) is 16.2. The van der Waals surface area contributed by atoms with Crippen LogP contribution in [-0.4, -0.2) is 0 Å². The topological polar surface area (TPSA) is 9.23 Å². The Kier molecular flexibility index (Phi) is 4.10. The molecule has 3 aromatic carbocycles. The molecule has 0 aliphatic heterocycles. The summed E-state index contributed by atoms with van der Waals surface area (Å²) in [5.41, 5.74) is 7.99. The van der Waals surface area contributed by atoms with E-state index >= 15 is 0 Å². The van der Waals surface area contributed by atoms with Gasteiger partial charge in [-0.15, -0.1) is 0 Å². The Morgan fingerprint density at radius 2 is 1.73 bits per heavy atom. The minimum atomic E-state index is -0.0102. The van der Waals surface area contributed by atoms with Gasteiger partial charge in [0.15, 0.2) is 0 Å². The van der Waals surface area contributed by atoms with E-state index in [1.54, 1.807) is 16.7 Å². The number of aryl methyl sites for hydroxylation is 1. The summed E-state index contributed by atoms with van der Waals surface area (Å²) in [5.74, 6) is 2.12. The van der Waals surface area contributed by atoms with Crippen molar-refractivity contribution < 1.29 is 4.74 Å². The van der Waals surface area contributed by atoms with Crippen LogP contribution >= 0.6 is 0 Å². The quantitative estimate of drug-likeness (QED) is 0.384. The summed E-state index contributed by atoms with van der Waals surface area (Å²) in [5, 5.41) is 2.49. The van der Waals surface area contributed by atoms with E-state index in [2.05, 4.69) is 85.8 Å². The summed E-state index contributed by atoms with van der Waals surface area (Å²) in [6, 6.07) is 19.8. The molecule has 164 valence electrons. The second-order valence-electron chi connectivity index (χ2n) is 10.5. The molecule has 0 aromatic heterocycles. The molecule has 7 rings (SSSR count). The van der Waals surface area contributed by atoms with E-state index < -0.39 is 0 Å². The maximum absolute atomic E-state index is 6.86. The Labute approximate surface area is 196 Å². The van der Waals surface area contributed by atoms with E-state index in [9.17, 15) is 0 Å². The zero-order valence-electron chi connectivity index (χ0n) is 19.4. The fourth-order valence-electron chi connectivity index (χ4n) is 7.29. The van der Waals surface area contributed by atoms with Crippen LogP contribution in [0, 0.1) is 12.3 Å². The normalized spacial score (nSPS) is 27.2. The summed E-state index contributed by atoms with van der Waals surface area (Å²) >= 11 is 0. The lowest BCUT2D eigenvalue weighted by Crippen LogP contribution is -2.32. The Balaban J connectivity index is 1.39. The highest BCUT2D eigenvalue weighted by Gasteiger charge is 2.73. The third-order valence-corrected chi connectivity index (χ3v) is 8.85. The zero-order valence-corrected chi connectivity index (χ0v) is 19.4. The third-order valence-electron chi connectivity index (χ3n) is 8.85. The van der Waals surface area contributed by atoms with E-state index in [-0.39, 0.29) is 10.8 Å². The highest BCUT2D eigenvalue weighted by molar-refractivity contribution is 5.83. The van der Waals surface area contributed by atoms with Crippen molar-refractivity contribution in [3.05, 3.63) is 112 Å². The Hall–Kier alpha value is -3.06. The van der Waals surface area contributed by atoms with Crippen LogP contribution in [0.2, 0.25) is 0 Å². The third kappa shape index (κ3) is 2.66. The largest absolute Gasteiger partial charge is 0.461 e. The maximum Gasteiger partial charge on any atom is 0.127 e. The second kappa shape index (κ2) is 6.97. The lowest BCUT2D eigenvalue weighted by atomic mass is 9.68. The minimum Gasteiger partial charge on any atom is -0.461 e.